The summed E-state index contributed by atoms with van der Waals surface area (Å²) in [5, 5.41) is 2.90. The van der Waals surface area contributed by atoms with Gasteiger partial charge in [-0.15, -0.1) is 0 Å². The van der Waals surface area contributed by atoms with Gasteiger partial charge in [0, 0.05) is 17.8 Å². The van der Waals surface area contributed by atoms with Crippen LogP contribution in [0.3, 0.4) is 0 Å². The summed E-state index contributed by atoms with van der Waals surface area (Å²) < 4.78 is 5.29. The van der Waals surface area contributed by atoms with E-state index in [1.807, 2.05) is 43.3 Å². The Kier molecular flexibility index (Phi) is 4.82. The maximum absolute atomic E-state index is 12.1. The molecule has 0 atom stereocenters. The Hall–Kier alpha value is -2.49. The summed E-state index contributed by atoms with van der Waals surface area (Å²) in [6.07, 6.45) is 0.719. The Morgan fingerprint density at radius 2 is 2.00 bits per heavy atom. The van der Waals surface area contributed by atoms with Crippen LogP contribution >= 0.6 is 0 Å². The molecule has 0 saturated heterocycles. The molecule has 110 valence electrons. The number of rotatable bonds is 5. The van der Waals surface area contributed by atoms with Gasteiger partial charge >= 0.3 is 0 Å². The van der Waals surface area contributed by atoms with Crippen molar-refractivity contribution in [3.63, 3.8) is 0 Å². The molecule has 0 aliphatic rings. The molecule has 2 aromatic carbocycles. The number of hydrogen-bond acceptors (Lipinski definition) is 3. The fraction of sp³-hybridized carbons (Fsp3) is 0.235. The molecule has 0 aromatic heterocycles. The van der Waals surface area contributed by atoms with E-state index in [2.05, 4.69) is 5.32 Å². The van der Waals surface area contributed by atoms with Crippen molar-refractivity contribution in [2.75, 3.05) is 19.4 Å². The highest BCUT2D eigenvalue weighted by Gasteiger charge is 2.07. The minimum Gasteiger partial charge on any atom is -0.496 e. The number of carbonyl (C=O) groups excluding carboxylic acids is 1. The van der Waals surface area contributed by atoms with Crippen molar-refractivity contribution in [3.8, 4) is 5.75 Å². The first-order valence-electron chi connectivity index (χ1n) is 6.87. The molecule has 1 amide bonds. The summed E-state index contributed by atoms with van der Waals surface area (Å²) in [5.74, 6) is 0.729. The monoisotopic (exact) mass is 284 g/mol. The number of aryl methyl sites for hydroxylation is 1. The zero-order chi connectivity index (χ0) is 15.2. The Morgan fingerprint density at radius 1 is 1.24 bits per heavy atom. The Labute approximate surface area is 124 Å². The summed E-state index contributed by atoms with van der Waals surface area (Å²) in [5.41, 5.74) is 9.00. The Balaban J connectivity index is 1.95. The lowest BCUT2D eigenvalue weighted by atomic mass is 10.1. The molecule has 0 radical (unpaired) electrons. The van der Waals surface area contributed by atoms with Crippen LogP contribution in [0.25, 0.3) is 0 Å². The number of ether oxygens (including phenoxy) is 1. The summed E-state index contributed by atoms with van der Waals surface area (Å²) in [6, 6.07) is 13.2. The van der Waals surface area contributed by atoms with Gasteiger partial charge in [-0.3, -0.25) is 4.79 Å². The predicted molar refractivity (Wildman–Crippen MR) is 84.6 cm³/mol. The quantitative estimate of drug-likeness (QED) is 0.829. The van der Waals surface area contributed by atoms with Crippen molar-refractivity contribution in [2.45, 2.75) is 13.3 Å². The van der Waals surface area contributed by atoms with Gasteiger partial charge < -0.3 is 15.8 Å². The molecule has 0 bridgehead atoms. The highest BCUT2D eigenvalue weighted by molar-refractivity contribution is 5.95. The first-order valence-corrected chi connectivity index (χ1v) is 6.87. The fourth-order valence-electron chi connectivity index (χ4n) is 2.27. The number of nitrogens with two attached hydrogens (primary N) is 1. The van der Waals surface area contributed by atoms with Crippen molar-refractivity contribution in [1.82, 2.24) is 5.32 Å². The van der Waals surface area contributed by atoms with Crippen LogP contribution in [0.5, 0.6) is 5.75 Å². The molecule has 0 heterocycles. The van der Waals surface area contributed by atoms with E-state index in [9.17, 15) is 4.79 Å². The van der Waals surface area contributed by atoms with Gasteiger partial charge in [-0.25, -0.2) is 0 Å². The summed E-state index contributed by atoms with van der Waals surface area (Å²) in [4.78, 5) is 12.1. The second-order valence-electron chi connectivity index (χ2n) is 4.95. The minimum atomic E-state index is -0.111. The molecule has 4 heteroatoms. The lowest BCUT2D eigenvalue weighted by Gasteiger charge is -2.09. The number of para-hydroxylation sites is 1. The normalized spacial score (nSPS) is 10.2. The lowest BCUT2D eigenvalue weighted by Crippen LogP contribution is -2.26. The van der Waals surface area contributed by atoms with Crippen LogP contribution in [0.15, 0.2) is 42.5 Å². The molecule has 4 nitrogen and oxygen atoms in total. The Morgan fingerprint density at radius 3 is 2.71 bits per heavy atom. The second kappa shape index (κ2) is 6.79. The predicted octanol–water partition coefficient (Wildman–Crippen LogP) is 2.56. The largest absolute Gasteiger partial charge is 0.496 e. The summed E-state index contributed by atoms with van der Waals surface area (Å²) in [6.45, 7) is 2.47. The van der Waals surface area contributed by atoms with Crippen LogP contribution in [0.1, 0.15) is 21.5 Å². The third-order valence-electron chi connectivity index (χ3n) is 3.23. The van der Waals surface area contributed by atoms with Gasteiger partial charge in [0.05, 0.1) is 7.11 Å². The summed E-state index contributed by atoms with van der Waals surface area (Å²) in [7, 11) is 1.65. The maximum atomic E-state index is 12.1. The number of hydrogen-bond donors (Lipinski definition) is 2. The second-order valence-corrected chi connectivity index (χ2v) is 4.95. The number of carbonyl (C=O) groups is 1. The first-order chi connectivity index (χ1) is 10.1. The minimum absolute atomic E-state index is 0.111. The smallest absolute Gasteiger partial charge is 0.251 e. The zero-order valence-corrected chi connectivity index (χ0v) is 12.3. The molecular formula is C17H20N2O2. The molecule has 0 fully saturated rings. The lowest BCUT2D eigenvalue weighted by molar-refractivity contribution is 0.0954. The average molecular weight is 284 g/mol. The van der Waals surface area contributed by atoms with E-state index in [-0.39, 0.29) is 5.91 Å². The fourth-order valence-corrected chi connectivity index (χ4v) is 2.27. The molecule has 0 aliphatic carbocycles. The van der Waals surface area contributed by atoms with E-state index in [0.29, 0.717) is 17.8 Å². The van der Waals surface area contributed by atoms with E-state index < -0.39 is 0 Å². The number of nitrogen functional groups attached to an aromatic ring is 1. The van der Waals surface area contributed by atoms with E-state index in [1.54, 1.807) is 13.2 Å². The van der Waals surface area contributed by atoms with Crippen LogP contribution < -0.4 is 15.8 Å². The van der Waals surface area contributed by atoms with E-state index in [1.165, 1.54) is 0 Å². The molecule has 0 unspecified atom stereocenters. The molecule has 0 aliphatic heterocycles. The third kappa shape index (κ3) is 3.99. The zero-order valence-electron chi connectivity index (χ0n) is 12.3. The number of benzene rings is 2. The molecule has 2 aromatic rings. The molecular weight excluding hydrogens is 264 g/mol. The van der Waals surface area contributed by atoms with Crippen molar-refractivity contribution in [2.24, 2.45) is 0 Å². The summed E-state index contributed by atoms with van der Waals surface area (Å²) >= 11 is 0. The van der Waals surface area contributed by atoms with Gasteiger partial charge in [-0.1, -0.05) is 18.2 Å². The molecule has 3 N–H and O–H groups in total. The van der Waals surface area contributed by atoms with Gasteiger partial charge in [-0.2, -0.15) is 0 Å². The standard InChI is InChI=1S/C17H20N2O2/c1-12-9-14(11-15(18)10-12)17(20)19-8-7-13-5-3-4-6-16(13)21-2/h3-6,9-11H,7-8,18H2,1-2H3,(H,19,20). The number of amides is 1. The highest BCUT2D eigenvalue weighted by atomic mass is 16.5. The average Bonchev–Trinajstić information content (AvgIpc) is 2.46. The van der Waals surface area contributed by atoms with Crippen LogP contribution in [0.4, 0.5) is 5.69 Å². The Bertz CT molecular complexity index is 618. The molecule has 21 heavy (non-hydrogen) atoms. The van der Waals surface area contributed by atoms with Crippen molar-refractivity contribution in [1.29, 1.82) is 0 Å². The maximum Gasteiger partial charge on any atom is 0.251 e. The van der Waals surface area contributed by atoms with Crippen molar-refractivity contribution in [3.05, 3.63) is 59.2 Å². The van der Waals surface area contributed by atoms with E-state index >= 15 is 0 Å². The van der Waals surface area contributed by atoms with Gasteiger partial charge in [-0.05, 0) is 48.7 Å². The van der Waals surface area contributed by atoms with Crippen LogP contribution in [-0.4, -0.2) is 19.6 Å². The SMILES string of the molecule is COc1ccccc1CCNC(=O)c1cc(C)cc(N)c1. The number of methoxy groups -OCH3 is 1. The highest BCUT2D eigenvalue weighted by Crippen LogP contribution is 2.17. The molecule has 2 rings (SSSR count). The number of anilines is 1. The van der Waals surface area contributed by atoms with E-state index in [4.69, 9.17) is 10.5 Å². The van der Waals surface area contributed by atoms with Gasteiger partial charge in [0.2, 0.25) is 0 Å². The van der Waals surface area contributed by atoms with E-state index in [0.717, 1.165) is 23.3 Å². The molecule has 0 spiro atoms. The number of nitrogens with one attached hydrogen (secondary N) is 1. The van der Waals surface area contributed by atoms with Gasteiger partial charge in [0.1, 0.15) is 5.75 Å². The first kappa shape index (κ1) is 14.9. The van der Waals surface area contributed by atoms with Crippen molar-refractivity contribution < 1.29 is 9.53 Å². The van der Waals surface area contributed by atoms with Crippen LogP contribution in [-0.2, 0) is 6.42 Å². The van der Waals surface area contributed by atoms with Crippen molar-refractivity contribution >= 4 is 11.6 Å². The van der Waals surface area contributed by atoms with Crippen LogP contribution in [0.2, 0.25) is 0 Å². The third-order valence-corrected chi connectivity index (χ3v) is 3.23. The molecule has 0 saturated carbocycles. The van der Waals surface area contributed by atoms with Gasteiger partial charge in [0.15, 0.2) is 0 Å². The topological polar surface area (TPSA) is 64.3 Å². The van der Waals surface area contributed by atoms with Gasteiger partial charge in [0.25, 0.3) is 5.91 Å². The van der Waals surface area contributed by atoms with Crippen LogP contribution in [0, 0.1) is 6.92 Å².